The first-order chi connectivity index (χ1) is 16.2. The van der Waals surface area contributed by atoms with Crippen molar-refractivity contribution in [3.8, 4) is 0 Å². The molecule has 0 aliphatic heterocycles. The Hall–Kier alpha value is -0.380. The van der Waals surface area contributed by atoms with E-state index in [0.717, 1.165) is 25.7 Å². The van der Waals surface area contributed by atoms with Crippen LogP contribution in [0.15, 0.2) is 12.7 Å². The van der Waals surface area contributed by atoms with Crippen molar-refractivity contribution in [1.29, 1.82) is 0 Å². The first-order valence-electron chi connectivity index (χ1n) is 14.7. The zero-order valence-electron chi connectivity index (χ0n) is 23.1. The zero-order valence-corrected chi connectivity index (χ0v) is 23.1. The summed E-state index contributed by atoms with van der Waals surface area (Å²) >= 11 is 0. The van der Waals surface area contributed by atoms with Crippen LogP contribution in [-0.4, -0.2) is 25.8 Å². The maximum absolute atomic E-state index is 6.52. The van der Waals surface area contributed by atoms with Gasteiger partial charge >= 0.3 is 0 Å². The van der Waals surface area contributed by atoms with E-state index in [1.54, 1.807) is 0 Å². The summed E-state index contributed by atoms with van der Waals surface area (Å²) in [6.07, 6.45) is 25.1. The van der Waals surface area contributed by atoms with Gasteiger partial charge in [-0.2, -0.15) is 0 Å². The van der Waals surface area contributed by atoms with E-state index in [0.29, 0.717) is 19.8 Å². The third-order valence-corrected chi connectivity index (χ3v) is 6.51. The maximum Gasteiger partial charge on any atom is 0.289 e. The number of hydrogen-bond donors (Lipinski definition) is 0. The van der Waals surface area contributed by atoms with Crippen LogP contribution in [-0.2, 0) is 14.2 Å². The summed E-state index contributed by atoms with van der Waals surface area (Å²) in [5.41, 5.74) is 0. The largest absolute Gasteiger partial charge is 0.327 e. The number of ether oxygens (including phenoxy) is 3. The molecule has 198 valence electrons. The van der Waals surface area contributed by atoms with E-state index in [4.69, 9.17) is 14.2 Å². The number of unbranched alkanes of at least 4 members (excludes halogenated alkanes) is 14. The monoisotopic (exact) mass is 468 g/mol. The third kappa shape index (κ3) is 17.7. The molecule has 0 aromatic carbocycles. The number of hydrogen-bond acceptors (Lipinski definition) is 3. The average molecular weight is 469 g/mol. The van der Waals surface area contributed by atoms with Crippen LogP contribution in [0, 0.1) is 5.92 Å². The van der Waals surface area contributed by atoms with Crippen LogP contribution in [0.3, 0.4) is 0 Å². The van der Waals surface area contributed by atoms with Gasteiger partial charge < -0.3 is 14.2 Å². The van der Waals surface area contributed by atoms with Gasteiger partial charge in [0.05, 0.1) is 25.7 Å². The molecule has 0 rings (SSSR count). The standard InChI is InChI=1S/C30H60O3/c1-6-11-15-19-20-21-25-29(10-5)30(31-26-22-16-12-7-2,32-27-23-17-13-8-3)33-28-24-18-14-9-4/h10,29H,5-9,11-28H2,1-4H3. The Morgan fingerprint density at radius 1 is 0.515 bits per heavy atom. The Balaban J connectivity index is 5.14. The van der Waals surface area contributed by atoms with Gasteiger partial charge in [-0.15, -0.1) is 6.58 Å². The smallest absolute Gasteiger partial charge is 0.289 e. The summed E-state index contributed by atoms with van der Waals surface area (Å²) in [4.78, 5) is 0. The molecule has 0 spiro atoms. The Labute approximate surface area is 208 Å². The van der Waals surface area contributed by atoms with E-state index in [1.807, 2.05) is 6.08 Å². The normalized spacial score (nSPS) is 12.8. The van der Waals surface area contributed by atoms with E-state index < -0.39 is 5.97 Å². The first-order valence-corrected chi connectivity index (χ1v) is 14.7. The molecule has 1 atom stereocenters. The molecule has 0 aliphatic carbocycles. The third-order valence-electron chi connectivity index (χ3n) is 6.51. The topological polar surface area (TPSA) is 27.7 Å². The number of rotatable bonds is 27. The van der Waals surface area contributed by atoms with Gasteiger partial charge in [0.15, 0.2) is 0 Å². The molecular formula is C30H60O3. The van der Waals surface area contributed by atoms with E-state index in [1.165, 1.54) is 96.3 Å². The lowest BCUT2D eigenvalue weighted by atomic mass is 9.97. The van der Waals surface area contributed by atoms with Crippen LogP contribution in [0.25, 0.3) is 0 Å². The van der Waals surface area contributed by atoms with Crippen LogP contribution in [0.2, 0.25) is 0 Å². The van der Waals surface area contributed by atoms with Crippen molar-refractivity contribution >= 4 is 0 Å². The molecule has 0 fully saturated rings. The van der Waals surface area contributed by atoms with E-state index >= 15 is 0 Å². The van der Waals surface area contributed by atoms with Crippen LogP contribution in [0.4, 0.5) is 0 Å². The van der Waals surface area contributed by atoms with Crippen molar-refractivity contribution in [2.45, 2.75) is 156 Å². The predicted octanol–water partition coefficient (Wildman–Crippen LogP) is 9.98. The highest BCUT2D eigenvalue weighted by Crippen LogP contribution is 2.33. The van der Waals surface area contributed by atoms with Crippen molar-refractivity contribution in [3.05, 3.63) is 12.7 Å². The Morgan fingerprint density at radius 2 is 0.848 bits per heavy atom. The quantitative estimate of drug-likeness (QED) is 0.0681. The van der Waals surface area contributed by atoms with Crippen molar-refractivity contribution in [1.82, 2.24) is 0 Å². The SMILES string of the molecule is C=CC(CCCCCCCC)C(OCCCCCC)(OCCCCCC)OCCCCCC. The van der Waals surface area contributed by atoms with Crippen LogP contribution < -0.4 is 0 Å². The lowest BCUT2D eigenvalue weighted by Gasteiger charge is -2.38. The van der Waals surface area contributed by atoms with Crippen LogP contribution in [0.5, 0.6) is 0 Å². The molecule has 0 aromatic heterocycles. The molecular weight excluding hydrogens is 408 g/mol. The molecule has 0 saturated carbocycles. The van der Waals surface area contributed by atoms with Crippen molar-refractivity contribution in [2.75, 3.05) is 19.8 Å². The molecule has 1 unspecified atom stereocenters. The van der Waals surface area contributed by atoms with Crippen LogP contribution >= 0.6 is 0 Å². The highest BCUT2D eigenvalue weighted by molar-refractivity contribution is 4.87. The van der Waals surface area contributed by atoms with Crippen molar-refractivity contribution < 1.29 is 14.2 Å². The second kappa shape index (κ2) is 24.7. The summed E-state index contributed by atoms with van der Waals surface area (Å²) in [5, 5.41) is 0. The average Bonchev–Trinajstić information content (AvgIpc) is 2.83. The molecule has 3 nitrogen and oxygen atoms in total. The Morgan fingerprint density at radius 3 is 1.21 bits per heavy atom. The maximum atomic E-state index is 6.52. The van der Waals surface area contributed by atoms with E-state index in [2.05, 4.69) is 34.3 Å². The minimum absolute atomic E-state index is 0.0761. The fourth-order valence-corrected chi connectivity index (χ4v) is 4.26. The molecule has 0 aromatic rings. The zero-order chi connectivity index (χ0) is 24.5. The van der Waals surface area contributed by atoms with Gasteiger partial charge in [0.2, 0.25) is 0 Å². The molecule has 0 radical (unpaired) electrons. The van der Waals surface area contributed by atoms with Crippen LogP contribution in [0.1, 0.15) is 150 Å². The highest BCUT2D eigenvalue weighted by Gasteiger charge is 2.41. The Bertz CT molecular complexity index is 360. The minimum Gasteiger partial charge on any atom is -0.327 e. The predicted molar refractivity (Wildman–Crippen MR) is 145 cm³/mol. The molecule has 3 heteroatoms. The van der Waals surface area contributed by atoms with Gasteiger partial charge in [-0.25, -0.2) is 0 Å². The molecule has 0 N–H and O–H groups in total. The molecule has 0 heterocycles. The van der Waals surface area contributed by atoms with E-state index in [-0.39, 0.29) is 5.92 Å². The van der Waals surface area contributed by atoms with E-state index in [9.17, 15) is 0 Å². The summed E-state index contributed by atoms with van der Waals surface area (Å²) in [6.45, 7) is 15.3. The van der Waals surface area contributed by atoms with Gasteiger partial charge in [-0.3, -0.25) is 0 Å². The van der Waals surface area contributed by atoms with Gasteiger partial charge in [0.25, 0.3) is 5.97 Å². The van der Waals surface area contributed by atoms with Gasteiger partial charge in [0, 0.05) is 0 Å². The molecule has 0 aliphatic rings. The summed E-state index contributed by atoms with van der Waals surface area (Å²) in [6, 6.07) is 0. The second-order valence-electron chi connectivity index (χ2n) is 9.73. The summed E-state index contributed by atoms with van der Waals surface area (Å²) in [5.74, 6) is -0.886. The minimum atomic E-state index is -0.962. The second-order valence-corrected chi connectivity index (χ2v) is 9.73. The molecule has 0 amide bonds. The first kappa shape index (κ1) is 32.6. The fraction of sp³-hybridized carbons (Fsp3) is 0.933. The lowest BCUT2D eigenvalue weighted by Crippen LogP contribution is -2.46. The molecule has 0 bridgehead atoms. The van der Waals surface area contributed by atoms with Gasteiger partial charge in [-0.1, -0.05) is 130 Å². The van der Waals surface area contributed by atoms with Crippen molar-refractivity contribution in [3.63, 3.8) is 0 Å². The summed E-state index contributed by atoms with van der Waals surface area (Å²) < 4.78 is 19.6. The van der Waals surface area contributed by atoms with Crippen molar-refractivity contribution in [2.24, 2.45) is 5.92 Å². The molecule has 0 saturated heterocycles. The van der Waals surface area contributed by atoms with Gasteiger partial charge in [-0.05, 0) is 25.7 Å². The molecule has 33 heavy (non-hydrogen) atoms. The lowest BCUT2D eigenvalue weighted by molar-refractivity contribution is -0.400. The summed E-state index contributed by atoms with van der Waals surface area (Å²) in [7, 11) is 0. The Kier molecular flexibility index (Phi) is 24.5. The fourth-order valence-electron chi connectivity index (χ4n) is 4.26. The van der Waals surface area contributed by atoms with Gasteiger partial charge in [0.1, 0.15) is 0 Å². The highest BCUT2D eigenvalue weighted by atomic mass is 16.9.